The molecule has 2 N–H and O–H groups in total. The van der Waals surface area contributed by atoms with Gasteiger partial charge >= 0.3 is 0 Å². The van der Waals surface area contributed by atoms with E-state index in [1.54, 1.807) is 0 Å². The molecule has 0 heterocycles. The minimum atomic E-state index is -0.912. The molecule has 3 heteroatoms. The summed E-state index contributed by atoms with van der Waals surface area (Å²) in [5.74, 6) is -1.71. The van der Waals surface area contributed by atoms with Crippen LogP contribution in [0, 0.1) is 0 Å². The molecular formula is C13H10O3. The molecule has 0 saturated heterocycles. The Hall–Kier alpha value is -2.29. The molecule has 0 spiro atoms. The lowest BCUT2D eigenvalue weighted by Crippen LogP contribution is -2.00. The van der Waals surface area contributed by atoms with Crippen molar-refractivity contribution in [2.75, 3.05) is 0 Å². The number of carbonyl (C=O) groups is 1. The lowest BCUT2D eigenvalue weighted by atomic mass is 10.0. The summed E-state index contributed by atoms with van der Waals surface area (Å²) in [7, 11) is 0. The van der Waals surface area contributed by atoms with E-state index in [9.17, 15) is 15.0 Å². The number of phenolic OH excluding ortho intramolecular Hbond substituents is 2. The van der Waals surface area contributed by atoms with Crippen molar-refractivity contribution in [2.24, 2.45) is 0 Å². The number of benzene rings is 2. The van der Waals surface area contributed by atoms with Gasteiger partial charge in [0, 0.05) is 11.6 Å². The van der Waals surface area contributed by atoms with Crippen LogP contribution in [0.4, 0.5) is 0 Å². The smallest absolute Gasteiger partial charge is 0.196 e. The fourth-order valence-corrected chi connectivity index (χ4v) is 1.21. The van der Waals surface area contributed by atoms with Gasteiger partial charge in [0.1, 0.15) is 11.5 Å². The van der Waals surface area contributed by atoms with Crippen LogP contribution in [0.15, 0.2) is 48.4 Å². The summed E-state index contributed by atoms with van der Waals surface area (Å²) in [5.41, 5.74) is -0.784. The van der Waals surface area contributed by atoms with Crippen molar-refractivity contribution in [3.8, 4) is 11.5 Å². The van der Waals surface area contributed by atoms with Crippen LogP contribution >= 0.6 is 0 Å². The Morgan fingerprint density at radius 1 is 1.12 bits per heavy atom. The summed E-state index contributed by atoms with van der Waals surface area (Å²) in [5, 5.41) is 18.9. The van der Waals surface area contributed by atoms with Crippen molar-refractivity contribution in [1.82, 2.24) is 0 Å². The monoisotopic (exact) mass is 219 g/mol. The fourth-order valence-electron chi connectivity index (χ4n) is 1.21. The molecule has 2 aromatic carbocycles. The molecule has 0 saturated carbocycles. The molecule has 0 radical (unpaired) electrons. The van der Waals surface area contributed by atoms with Crippen LogP contribution in [0.3, 0.4) is 0 Å². The number of carbonyl (C=O) groups excluding carboxylic acids is 1. The van der Waals surface area contributed by atoms with Crippen LogP contribution in [-0.4, -0.2) is 16.0 Å². The normalized spacial score (nSPS) is 14.4. The van der Waals surface area contributed by atoms with E-state index in [0.717, 1.165) is 18.2 Å². The van der Waals surface area contributed by atoms with Crippen LogP contribution in [0.5, 0.6) is 11.5 Å². The molecule has 2 rings (SSSR count). The zero-order valence-electron chi connectivity index (χ0n) is 13.0. The van der Waals surface area contributed by atoms with Crippen molar-refractivity contribution in [3.05, 3.63) is 59.5 Å². The van der Waals surface area contributed by atoms with Gasteiger partial charge in [-0.1, -0.05) is 30.2 Å². The molecule has 80 valence electrons. The van der Waals surface area contributed by atoms with Crippen LogP contribution in [-0.2, 0) is 0 Å². The average molecular weight is 219 g/mol. The quantitative estimate of drug-likeness (QED) is 0.762. The standard InChI is InChI=1S/C13H10O3/c14-10-6-7-11(12(15)8-10)13(16)9-4-2-1-3-5-9/h1-8,14-15H/i1D,2D,3D,4D,5D. The Morgan fingerprint density at radius 3 is 2.44 bits per heavy atom. The first-order valence-corrected chi connectivity index (χ1v) is 4.39. The lowest BCUT2D eigenvalue weighted by Gasteiger charge is -2.04. The predicted octanol–water partition coefficient (Wildman–Crippen LogP) is 2.33. The van der Waals surface area contributed by atoms with E-state index in [-0.39, 0.29) is 11.3 Å². The van der Waals surface area contributed by atoms with Gasteiger partial charge in [-0.2, -0.15) is 0 Å². The zero-order valence-corrected chi connectivity index (χ0v) is 8.03. The maximum atomic E-state index is 12.3. The first-order chi connectivity index (χ1) is 9.75. The molecule has 0 bridgehead atoms. The molecule has 0 aliphatic rings. The highest BCUT2D eigenvalue weighted by Gasteiger charge is 2.13. The second-order valence-electron chi connectivity index (χ2n) is 3.03. The molecule has 0 aliphatic carbocycles. The molecule has 0 unspecified atom stereocenters. The van der Waals surface area contributed by atoms with E-state index in [0.29, 0.717) is 0 Å². The number of rotatable bonds is 2. The Labute approximate surface area is 99.6 Å². The molecular weight excluding hydrogens is 204 g/mol. The van der Waals surface area contributed by atoms with Gasteiger partial charge in [-0.25, -0.2) is 0 Å². The van der Waals surface area contributed by atoms with Crippen molar-refractivity contribution < 1.29 is 21.9 Å². The van der Waals surface area contributed by atoms with Crippen LogP contribution in [0.2, 0.25) is 0 Å². The molecule has 0 atom stereocenters. The molecule has 2 aromatic rings. The third-order valence-corrected chi connectivity index (χ3v) is 1.95. The summed E-state index contributed by atoms with van der Waals surface area (Å²) in [6.07, 6.45) is 0. The van der Waals surface area contributed by atoms with E-state index >= 15 is 0 Å². The minimum absolute atomic E-state index is 0.258. The van der Waals surface area contributed by atoms with Crippen molar-refractivity contribution in [3.63, 3.8) is 0 Å². The van der Waals surface area contributed by atoms with E-state index < -0.39 is 47.3 Å². The van der Waals surface area contributed by atoms with E-state index in [1.165, 1.54) is 0 Å². The maximum absolute atomic E-state index is 12.3. The zero-order chi connectivity index (χ0) is 15.9. The summed E-state index contributed by atoms with van der Waals surface area (Å²) in [6, 6.07) is 0.0714. The third-order valence-electron chi connectivity index (χ3n) is 1.95. The SMILES string of the molecule is [2H]c1c([2H])c([2H])c(C(=O)c2ccc(O)cc2O)c([2H])c1[2H]. The number of hydrogen-bond acceptors (Lipinski definition) is 3. The second-order valence-corrected chi connectivity index (χ2v) is 3.03. The molecule has 0 fully saturated rings. The maximum Gasteiger partial charge on any atom is 0.196 e. The molecule has 3 nitrogen and oxygen atoms in total. The van der Waals surface area contributed by atoms with Gasteiger partial charge < -0.3 is 10.2 Å². The Balaban J connectivity index is 2.70. The molecule has 16 heavy (non-hydrogen) atoms. The van der Waals surface area contributed by atoms with Gasteiger partial charge in [-0.3, -0.25) is 4.79 Å². The van der Waals surface area contributed by atoms with Crippen LogP contribution in [0.1, 0.15) is 22.8 Å². The lowest BCUT2D eigenvalue weighted by molar-refractivity contribution is 0.103. The number of ketones is 1. The van der Waals surface area contributed by atoms with Crippen LogP contribution < -0.4 is 0 Å². The molecule has 0 aliphatic heterocycles. The molecule has 0 amide bonds. The van der Waals surface area contributed by atoms with Gasteiger partial charge in [-0.05, 0) is 12.1 Å². The first kappa shape index (κ1) is 5.70. The topological polar surface area (TPSA) is 57.5 Å². The van der Waals surface area contributed by atoms with Gasteiger partial charge in [0.25, 0.3) is 0 Å². The Morgan fingerprint density at radius 2 is 1.81 bits per heavy atom. The number of aromatic hydroxyl groups is 2. The second kappa shape index (κ2) is 4.06. The highest BCUT2D eigenvalue weighted by atomic mass is 16.3. The predicted molar refractivity (Wildman–Crippen MR) is 59.6 cm³/mol. The van der Waals surface area contributed by atoms with Crippen molar-refractivity contribution in [2.45, 2.75) is 0 Å². The Kier molecular flexibility index (Phi) is 1.45. The fraction of sp³-hybridized carbons (Fsp3) is 0. The van der Waals surface area contributed by atoms with E-state index in [4.69, 9.17) is 6.85 Å². The van der Waals surface area contributed by atoms with Crippen molar-refractivity contribution >= 4 is 5.78 Å². The Bertz CT molecular complexity index is 729. The average Bonchev–Trinajstić information content (AvgIpc) is 2.43. The van der Waals surface area contributed by atoms with Gasteiger partial charge in [0.2, 0.25) is 0 Å². The van der Waals surface area contributed by atoms with Gasteiger partial charge in [-0.15, -0.1) is 0 Å². The van der Waals surface area contributed by atoms with E-state index in [2.05, 4.69) is 0 Å². The minimum Gasteiger partial charge on any atom is -0.508 e. The van der Waals surface area contributed by atoms with Crippen molar-refractivity contribution in [1.29, 1.82) is 0 Å². The van der Waals surface area contributed by atoms with Crippen LogP contribution in [0.25, 0.3) is 0 Å². The number of phenols is 2. The van der Waals surface area contributed by atoms with Gasteiger partial charge in [0.05, 0.1) is 12.4 Å². The van der Waals surface area contributed by atoms with Gasteiger partial charge in [0.15, 0.2) is 5.78 Å². The third kappa shape index (κ3) is 1.88. The highest BCUT2D eigenvalue weighted by Crippen LogP contribution is 2.24. The largest absolute Gasteiger partial charge is 0.508 e. The highest BCUT2D eigenvalue weighted by molar-refractivity contribution is 6.10. The summed E-state index contributed by atoms with van der Waals surface area (Å²) in [6.45, 7) is 0. The summed E-state index contributed by atoms with van der Waals surface area (Å²) >= 11 is 0. The number of hydrogen-bond donors (Lipinski definition) is 2. The summed E-state index contributed by atoms with van der Waals surface area (Å²) < 4.78 is 37.9. The van der Waals surface area contributed by atoms with E-state index in [1.807, 2.05) is 0 Å². The first-order valence-electron chi connectivity index (χ1n) is 6.89. The summed E-state index contributed by atoms with van der Waals surface area (Å²) in [4.78, 5) is 12.3. The molecule has 0 aromatic heterocycles.